The Labute approximate surface area is 207 Å². The molecule has 1 unspecified atom stereocenters. The molecular weight excluding hydrogens is 440 g/mol. The fourth-order valence-corrected chi connectivity index (χ4v) is 5.23. The van der Waals surface area contributed by atoms with Gasteiger partial charge in [0.25, 0.3) is 5.56 Å². The maximum absolute atomic E-state index is 13.5. The summed E-state index contributed by atoms with van der Waals surface area (Å²) in [6.07, 6.45) is 9.92. The van der Waals surface area contributed by atoms with Crippen molar-refractivity contribution >= 4 is 17.4 Å². The van der Waals surface area contributed by atoms with Crippen LogP contribution in [-0.2, 0) is 9.59 Å². The average Bonchev–Trinajstić information content (AvgIpc) is 3.53. The number of rotatable bonds is 10. The van der Waals surface area contributed by atoms with Crippen LogP contribution in [0.25, 0.3) is 0 Å². The van der Waals surface area contributed by atoms with Gasteiger partial charge >= 0.3 is 0 Å². The molecule has 0 spiro atoms. The van der Waals surface area contributed by atoms with Gasteiger partial charge in [0.05, 0.1) is 17.9 Å². The van der Waals surface area contributed by atoms with Crippen molar-refractivity contribution in [1.29, 1.82) is 0 Å². The van der Waals surface area contributed by atoms with Crippen molar-refractivity contribution in [3.8, 4) is 0 Å². The SMILES string of the molecule is CC(=O)C[C@H](NC(=O)C(CC(C)C)n1ccc(C)cc1=O)c1cncc(N2CC[C@H](C3CC3)C2)c1. The molecule has 0 bridgehead atoms. The smallest absolute Gasteiger partial charge is 0.251 e. The predicted molar refractivity (Wildman–Crippen MR) is 137 cm³/mol. The third-order valence-electron chi connectivity index (χ3n) is 7.27. The van der Waals surface area contributed by atoms with E-state index in [2.05, 4.69) is 21.3 Å². The van der Waals surface area contributed by atoms with Gasteiger partial charge in [0, 0.05) is 38.0 Å². The number of nitrogens with zero attached hydrogens (tertiary/aromatic N) is 3. The highest BCUT2D eigenvalue weighted by atomic mass is 16.2. The van der Waals surface area contributed by atoms with E-state index in [0.717, 1.165) is 41.7 Å². The Balaban J connectivity index is 1.56. The summed E-state index contributed by atoms with van der Waals surface area (Å²) in [5.74, 6) is 1.59. The predicted octanol–water partition coefficient (Wildman–Crippen LogP) is 4.21. The Kier molecular flexibility index (Phi) is 7.72. The van der Waals surface area contributed by atoms with Crippen molar-refractivity contribution in [2.75, 3.05) is 18.0 Å². The van der Waals surface area contributed by atoms with Crippen LogP contribution < -0.4 is 15.8 Å². The van der Waals surface area contributed by atoms with E-state index in [-0.39, 0.29) is 29.6 Å². The van der Waals surface area contributed by atoms with Crippen molar-refractivity contribution in [2.45, 2.75) is 71.9 Å². The van der Waals surface area contributed by atoms with Crippen molar-refractivity contribution in [2.24, 2.45) is 17.8 Å². The molecule has 35 heavy (non-hydrogen) atoms. The van der Waals surface area contributed by atoms with Gasteiger partial charge in [-0.15, -0.1) is 0 Å². The van der Waals surface area contributed by atoms with Crippen LogP contribution in [0.2, 0.25) is 0 Å². The van der Waals surface area contributed by atoms with Crippen LogP contribution >= 0.6 is 0 Å². The standard InChI is InChI=1S/C28H38N4O3/c1-18(2)11-26(32-10-7-19(3)12-27(32)34)28(35)30-25(13-20(4)33)23-14-24(16-29-15-23)31-9-8-22(17-31)21-5-6-21/h7,10,12,14-16,18,21-22,25-26H,5-6,8-9,11,13,17H2,1-4H3,(H,30,35)/t22-,25-,26?/m0/s1. The van der Waals surface area contributed by atoms with Gasteiger partial charge in [0.15, 0.2) is 0 Å². The molecule has 3 atom stereocenters. The second-order valence-electron chi connectivity index (χ2n) is 10.9. The average molecular weight is 479 g/mol. The maximum Gasteiger partial charge on any atom is 0.251 e. The second kappa shape index (κ2) is 10.8. The number of amides is 1. The second-order valence-corrected chi connectivity index (χ2v) is 10.9. The number of ketones is 1. The highest BCUT2D eigenvalue weighted by Crippen LogP contribution is 2.42. The molecule has 1 N–H and O–H groups in total. The van der Waals surface area contributed by atoms with Gasteiger partial charge in [-0.25, -0.2) is 0 Å². The first kappa shape index (κ1) is 25.1. The summed E-state index contributed by atoms with van der Waals surface area (Å²) in [6, 6.07) is 4.31. The summed E-state index contributed by atoms with van der Waals surface area (Å²) in [5.41, 5.74) is 2.53. The largest absolute Gasteiger partial charge is 0.370 e. The molecule has 1 aliphatic carbocycles. The molecule has 1 saturated carbocycles. The van der Waals surface area contributed by atoms with Crippen LogP contribution in [0.1, 0.15) is 76.1 Å². The molecule has 2 aliphatic rings. The van der Waals surface area contributed by atoms with E-state index < -0.39 is 12.1 Å². The minimum atomic E-state index is -0.647. The van der Waals surface area contributed by atoms with Crippen LogP contribution in [0.3, 0.4) is 0 Å². The number of anilines is 1. The molecule has 3 heterocycles. The third kappa shape index (κ3) is 6.38. The number of aromatic nitrogens is 2. The maximum atomic E-state index is 13.5. The van der Waals surface area contributed by atoms with Crippen LogP contribution in [0.15, 0.2) is 41.6 Å². The third-order valence-corrected chi connectivity index (χ3v) is 7.27. The van der Waals surface area contributed by atoms with Crippen LogP contribution in [0.5, 0.6) is 0 Å². The number of nitrogens with one attached hydrogen (secondary N) is 1. The lowest BCUT2D eigenvalue weighted by atomic mass is 9.99. The van der Waals surface area contributed by atoms with Crippen molar-refractivity contribution in [3.63, 3.8) is 0 Å². The topological polar surface area (TPSA) is 84.3 Å². The van der Waals surface area contributed by atoms with E-state index in [1.54, 1.807) is 18.5 Å². The van der Waals surface area contributed by atoms with Gasteiger partial charge in [-0.2, -0.15) is 0 Å². The van der Waals surface area contributed by atoms with E-state index in [1.165, 1.54) is 30.8 Å². The molecule has 188 valence electrons. The molecule has 1 aliphatic heterocycles. The molecule has 2 aromatic rings. The molecule has 2 fully saturated rings. The molecule has 0 radical (unpaired) electrons. The minimum absolute atomic E-state index is 0.0106. The number of pyridine rings is 2. The number of carbonyl (C=O) groups is 2. The Morgan fingerprint density at radius 2 is 1.91 bits per heavy atom. The molecule has 4 rings (SSSR count). The Morgan fingerprint density at radius 3 is 2.57 bits per heavy atom. The first-order valence-corrected chi connectivity index (χ1v) is 12.9. The van der Waals surface area contributed by atoms with Gasteiger partial charge in [-0.3, -0.25) is 19.4 Å². The molecule has 7 heteroatoms. The lowest BCUT2D eigenvalue weighted by Crippen LogP contribution is -2.40. The zero-order valence-corrected chi connectivity index (χ0v) is 21.4. The van der Waals surface area contributed by atoms with E-state index in [4.69, 9.17) is 0 Å². The van der Waals surface area contributed by atoms with Crippen LogP contribution in [-0.4, -0.2) is 34.3 Å². The van der Waals surface area contributed by atoms with Gasteiger partial charge in [0.2, 0.25) is 5.91 Å². The van der Waals surface area contributed by atoms with Crippen LogP contribution in [0, 0.1) is 24.7 Å². The summed E-state index contributed by atoms with van der Waals surface area (Å²) < 4.78 is 1.50. The van der Waals surface area contributed by atoms with E-state index in [1.807, 2.05) is 33.0 Å². The normalized spacial score (nSPS) is 19.6. The number of Topliss-reactive ketones (excluding diaryl/α,β-unsaturated/α-hetero) is 1. The van der Waals surface area contributed by atoms with Gasteiger partial charge in [0.1, 0.15) is 11.8 Å². The molecule has 0 aromatic carbocycles. The van der Waals surface area contributed by atoms with E-state index in [9.17, 15) is 14.4 Å². The van der Waals surface area contributed by atoms with Crippen molar-refractivity contribution in [1.82, 2.24) is 14.9 Å². The molecular formula is C28H38N4O3. The summed E-state index contributed by atoms with van der Waals surface area (Å²) in [4.78, 5) is 45.2. The zero-order chi connectivity index (χ0) is 25.1. The first-order chi connectivity index (χ1) is 16.7. The monoisotopic (exact) mass is 478 g/mol. The Bertz CT molecular complexity index is 1120. The van der Waals surface area contributed by atoms with E-state index >= 15 is 0 Å². The quantitative estimate of drug-likeness (QED) is 0.553. The summed E-state index contributed by atoms with van der Waals surface area (Å²) in [6.45, 7) is 9.53. The zero-order valence-electron chi connectivity index (χ0n) is 21.4. The molecule has 2 aromatic heterocycles. The van der Waals surface area contributed by atoms with Crippen molar-refractivity contribution < 1.29 is 9.59 Å². The van der Waals surface area contributed by atoms with Gasteiger partial charge in [-0.05, 0) is 80.5 Å². The fourth-order valence-electron chi connectivity index (χ4n) is 5.23. The Morgan fingerprint density at radius 1 is 1.14 bits per heavy atom. The minimum Gasteiger partial charge on any atom is -0.370 e. The molecule has 7 nitrogen and oxygen atoms in total. The first-order valence-electron chi connectivity index (χ1n) is 12.9. The summed E-state index contributed by atoms with van der Waals surface area (Å²) in [7, 11) is 0. The lowest BCUT2D eigenvalue weighted by molar-refractivity contribution is -0.126. The number of hydrogen-bond donors (Lipinski definition) is 1. The van der Waals surface area contributed by atoms with Crippen LogP contribution in [0.4, 0.5) is 5.69 Å². The number of carbonyl (C=O) groups excluding carboxylic acids is 2. The lowest BCUT2D eigenvalue weighted by Gasteiger charge is -2.26. The van der Waals surface area contributed by atoms with Gasteiger partial charge < -0.3 is 14.8 Å². The van der Waals surface area contributed by atoms with Gasteiger partial charge in [-0.1, -0.05) is 13.8 Å². The molecule has 1 amide bonds. The fraction of sp³-hybridized carbons (Fsp3) is 0.571. The van der Waals surface area contributed by atoms with E-state index in [0.29, 0.717) is 6.42 Å². The highest BCUT2D eigenvalue weighted by molar-refractivity contribution is 5.82. The number of aryl methyl sites for hydroxylation is 1. The highest BCUT2D eigenvalue weighted by Gasteiger charge is 2.36. The summed E-state index contributed by atoms with van der Waals surface area (Å²) in [5, 5.41) is 3.09. The Hall–Kier alpha value is -2.96. The number of hydrogen-bond acceptors (Lipinski definition) is 5. The summed E-state index contributed by atoms with van der Waals surface area (Å²) >= 11 is 0. The van der Waals surface area contributed by atoms with Crippen molar-refractivity contribution in [3.05, 3.63) is 58.3 Å². The molecule has 1 saturated heterocycles.